The van der Waals surface area contributed by atoms with E-state index >= 15 is 0 Å². The highest BCUT2D eigenvalue weighted by Gasteiger charge is 2.04. The third kappa shape index (κ3) is 3.98. The first-order valence-electron chi connectivity index (χ1n) is 7.86. The van der Waals surface area contributed by atoms with Crippen molar-refractivity contribution in [1.29, 1.82) is 0 Å². The van der Waals surface area contributed by atoms with Crippen LogP contribution in [0.1, 0.15) is 11.1 Å². The molecule has 4 heteroatoms. The SMILES string of the molecule is COc1cc(/C=C/C(=O)OCc2cccc3ccccc23)ccc1O. The maximum absolute atomic E-state index is 12.0. The highest BCUT2D eigenvalue weighted by Crippen LogP contribution is 2.26. The molecule has 0 atom stereocenters. The topological polar surface area (TPSA) is 55.8 Å². The summed E-state index contributed by atoms with van der Waals surface area (Å²) >= 11 is 0. The standard InChI is InChI=1S/C21H18O4/c1-24-20-13-15(9-11-19(20)22)10-12-21(23)25-14-17-7-4-6-16-5-2-3-8-18(16)17/h2-13,22H,14H2,1H3/b12-10+. The first-order chi connectivity index (χ1) is 12.2. The second kappa shape index (κ2) is 7.53. The van der Waals surface area contributed by atoms with Crippen LogP contribution in [0.2, 0.25) is 0 Å². The molecule has 0 aliphatic carbocycles. The van der Waals surface area contributed by atoms with Crippen molar-refractivity contribution in [3.63, 3.8) is 0 Å². The Bertz CT molecular complexity index is 923. The molecule has 0 amide bonds. The number of hydrogen-bond acceptors (Lipinski definition) is 4. The largest absolute Gasteiger partial charge is 0.504 e. The number of aromatic hydroxyl groups is 1. The normalized spacial score (nSPS) is 10.9. The third-order valence-corrected chi connectivity index (χ3v) is 3.87. The van der Waals surface area contributed by atoms with E-state index in [1.807, 2.05) is 42.5 Å². The molecule has 3 aromatic carbocycles. The number of methoxy groups -OCH3 is 1. The van der Waals surface area contributed by atoms with Crippen molar-refractivity contribution in [1.82, 2.24) is 0 Å². The first-order valence-corrected chi connectivity index (χ1v) is 7.86. The maximum Gasteiger partial charge on any atom is 0.331 e. The van der Waals surface area contributed by atoms with Crippen molar-refractivity contribution in [2.75, 3.05) is 7.11 Å². The zero-order chi connectivity index (χ0) is 17.6. The van der Waals surface area contributed by atoms with Gasteiger partial charge in [-0.15, -0.1) is 0 Å². The molecule has 0 unspecified atom stereocenters. The van der Waals surface area contributed by atoms with E-state index in [4.69, 9.17) is 9.47 Å². The van der Waals surface area contributed by atoms with E-state index in [-0.39, 0.29) is 12.4 Å². The second-order valence-electron chi connectivity index (χ2n) is 5.51. The van der Waals surface area contributed by atoms with Gasteiger partial charge in [-0.05, 0) is 40.1 Å². The summed E-state index contributed by atoms with van der Waals surface area (Å²) in [5.41, 5.74) is 1.70. The molecule has 0 saturated heterocycles. The number of carbonyl (C=O) groups is 1. The van der Waals surface area contributed by atoms with Crippen LogP contribution in [0.5, 0.6) is 11.5 Å². The Morgan fingerprint density at radius 3 is 2.72 bits per heavy atom. The van der Waals surface area contributed by atoms with Crippen LogP contribution in [0.25, 0.3) is 16.8 Å². The summed E-state index contributed by atoms with van der Waals surface area (Å²) in [6.07, 6.45) is 2.98. The van der Waals surface area contributed by atoms with Crippen LogP contribution < -0.4 is 4.74 Å². The van der Waals surface area contributed by atoms with Crippen LogP contribution in [0.4, 0.5) is 0 Å². The van der Waals surface area contributed by atoms with Gasteiger partial charge in [-0.2, -0.15) is 0 Å². The van der Waals surface area contributed by atoms with Crippen molar-refractivity contribution in [3.05, 3.63) is 77.9 Å². The zero-order valence-corrected chi connectivity index (χ0v) is 13.8. The van der Waals surface area contributed by atoms with E-state index in [0.29, 0.717) is 5.75 Å². The molecule has 0 heterocycles. The average molecular weight is 334 g/mol. The van der Waals surface area contributed by atoms with Crippen LogP contribution in [0, 0.1) is 0 Å². The minimum absolute atomic E-state index is 0.0539. The molecular formula is C21H18O4. The lowest BCUT2D eigenvalue weighted by Gasteiger charge is -2.07. The number of phenols is 1. The van der Waals surface area contributed by atoms with Crippen LogP contribution in [0.15, 0.2) is 66.7 Å². The predicted octanol–water partition coefficient (Wildman–Crippen LogP) is 4.31. The summed E-state index contributed by atoms with van der Waals surface area (Å²) in [6.45, 7) is 0.212. The Morgan fingerprint density at radius 1 is 1.08 bits per heavy atom. The molecule has 0 saturated carbocycles. The third-order valence-electron chi connectivity index (χ3n) is 3.87. The molecule has 1 N–H and O–H groups in total. The smallest absolute Gasteiger partial charge is 0.331 e. The molecule has 0 aliphatic heterocycles. The lowest BCUT2D eigenvalue weighted by molar-refractivity contribution is -0.138. The molecule has 25 heavy (non-hydrogen) atoms. The molecule has 0 bridgehead atoms. The molecule has 4 nitrogen and oxygen atoms in total. The number of rotatable bonds is 5. The summed E-state index contributed by atoms with van der Waals surface area (Å²) < 4.78 is 10.4. The molecule has 0 spiro atoms. The Balaban J connectivity index is 1.66. The minimum atomic E-state index is -0.431. The number of esters is 1. The second-order valence-corrected chi connectivity index (χ2v) is 5.51. The summed E-state index contributed by atoms with van der Waals surface area (Å²) in [4.78, 5) is 12.0. The van der Waals surface area contributed by atoms with Gasteiger partial charge in [-0.25, -0.2) is 4.79 Å². The molecular weight excluding hydrogens is 316 g/mol. The van der Waals surface area contributed by atoms with Crippen LogP contribution in [0.3, 0.4) is 0 Å². The van der Waals surface area contributed by atoms with Gasteiger partial charge in [0.1, 0.15) is 6.61 Å². The fourth-order valence-electron chi connectivity index (χ4n) is 2.58. The van der Waals surface area contributed by atoms with Crippen LogP contribution in [-0.4, -0.2) is 18.2 Å². The van der Waals surface area contributed by atoms with Gasteiger partial charge in [0.05, 0.1) is 7.11 Å². The molecule has 0 radical (unpaired) electrons. The summed E-state index contributed by atoms with van der Waals surface area (Å²) in [6, 6.07) is 18.7. The van der Waals surface area contributed by atoms with Gasteiger partial charge >= 0.3 is 5.97 Å². The van der Waals surface area contributed by atoms with Crippen molar-refractivity contribution < 1.29 is 19.4 Å². The molecule has 126 valence electrons. The monoisotopic (exact) mass is 334 g/mol. The molecule has 0 aromatic heterocycles. The van der Waals surface area contributed by atoms with E-state index in [9.17, 15) is 9.90 Å². The number of ether oxygens (including phenoxy) is 2. The molecule has 3 rings (SSSR count). The van der Waals surface area contributed by atoms with Gasteiger partial charge < -0.3 is 14.6 Å². The average Bonchev–Trinajstić information content (AvgIpc) is 2.65. The molecule has 3 aromatic rings. The van der Waals surface area contributed by atoms with E-state index < -0.39 is 5.97 Å². The maximum atomic E-state index is 12.0. The quantitative estimate of drug-likeness (QED) is 0.558. The number of benzene rings is 3. The van der Waals surface area contributed by atoms with Crippen LogP contribution in [-0.2, 0) is 16.1 Å². The minimum Gasteiger partial charge on any atom is -0.504 e. The first kappa shape index (κ1) is 16.6. The van der Waals surface area contributed by atoms with Crippen molar-refractivity contribution in [2.24, 2.45) is 0 Å². The number of phenolic OH excluding ortho intramolecular Hbond substituents is 1. The van der Waals surface area contributed by atoms with Crippen molar-refractivity contribution >= 4 is 22.8 Å². The van der Waals surface area contributed by atoms with E-state index in [2.05, 4.69) is 0 Å². The number of carbonyl (C=O) groups excluding carboxylic acids is 1. The molecule has 0 aliphatic rings. The van der Waals surface area contributed by atoms with Crippen molar-refractivity contribution in [2.45, 2.75) is 6.61 Å². The van der Waals surface area contributed by atoms with Gasteiger partial charge in [-0.3, -0.25) is 0 Å². The van der Waals surface area contributed by atoms with Gasteiger partial charge in [-0.1, -0.05) is 48.5 Å². The van der Waals surface area contributed by atoms with Gasteiger partial charge in [0.2, 0.25) is 0 Å². The number of fused-ring (bicyclic) bond motifs is 1. The van der Waals surface area contributed by atoms with Crippen molar-refractivity contribution in [3.8, 4) is 11.5 Å². The lowest BCUT2D eigenvalue weighted by Crippen LogP contribution is -2.01. The zero-order valence-electron chi connectivity index (χ0n) is 13.8. The number of hydrogen-bond donors (Lipinski definition) is 1. The van der Waals surface area contributed by atoms with E-state index in [0.717, 1.165) is 21.9 Å². The summed E-state index contributed by atoms with van der Waals surface area (Å²) in [5.74, 6) is -0.0237. The molecule has 0 fully saturated rings. The summed E-state index contributed by atoms with van der Waals surface area (Å²) in [5, 5.41) is 11.8. The Morgan fingerprint density at radius 2 is 1.88 bits per heavy atom. The van der Waals surface area contributed by atoms with Crippen LogP contribution >= 0.6 is 0 Å². The Labute approximate surface area is 145 Å². The van der Waals surface area contributed by atoms with E-state index in [1.54, 1.807) is 18.2 Å². The van der Waals surface area contributed by atoms with Gasteiger partial charge in [0.25, 0.3) is 0 Å². The van der Waals surface area contributed by atoms with Gasteiger partial charge in [0, 0.05) is 6.08 Å². The predicted molar refractivity (Wildman–Crippen MR) is 97.4 cm³/mol. The Kier molecular flexibility index (Phi) is 5.00. The lowest BCUT2D eigenvalue weighted by atomic mass is 10.1. The van der Waals surface area contributed by atoms with Gasteiger partial charge in [0.15, 0.2) is 11.5 Å². The Hall–Kier alpha value is -3.27. The fourth-order valence-corrected chi connectivity index (χ4v) is 2.58. The summed E-state index contributed by atoms with van der Waals surface area (Å²) in [7, 11) is 1.47. The fraction of sp³-hybridized carbons (Fsp3) is 0.0952. The highest BCUT2D eigenvalue weighted by molar-refractivity contribution is 5.88. The van der Waals surface area contributed by atoms with E-state index in [1.165, 1.54) is 19.3 Å². The highest BCUT2D eigenvalue weighted by atomic mass is 16.5.